The minimum Gasteiger partial charge on any atom is -0.269 e. The molecule has 1 aromatic heterocycles. The summed E-state index contributed by atoms with van der Waals surface area (Å²) in [4.78, 5) is 4.36. The number of pyridine rings is 1. The summed E-state index contributed by atoms with van der Waals surface area (Å²) in [5.41, 5.74) is 2.33. The molecule has 0 saturated carbocycles. The fourth-order valence-corrected chi connectivity index (χ4v) is 0.995. The van der Waals surface area contributed by atoms with E-state index in [-0.39, 0.29) is 0 Å². The lowest BCUT2D eigenvalue weighted by Crippen LogP contribution is -2.09. The van der Waals surface area contributed by atoms with Crippen molar-refractivity contribution < 1.29 is 0 Å². The fraction of sp³-hybridized carbons (Fsp3) is 0.375. The third-order valence-electron chi connectivity index (χ3n) is 1.45. The molecule has 0 aliphatic carbocycles. The Balaban J connectivity index is 2.75. The molecule has 0 saturated heterocycles. The molecule has 0 N–H and O–H groups in total. The van der Waals surface area contributed by atoms with Crippen molar-refractivity contribution >= 4 is 13.4 Å². The molecule has 1 nitrogen and oxygen atoms in total. The Morgan fingerprint density at radius 3 is 2.90 bits per heavy atom. The molecule has 0 radical (unpaired) electrons. The molecule has 0 aliphatic rings. The highest BCUT2D eigenvalue weighted by atomic mass is 14.7. The number of rotatable bonds is 2. The zero-order valence-electron chi connectivity index (χ0n) is 6.59. The van der Waals surface area contributed by atoms with Gasteiger partial charge in [0.05, 0.1) is 0 Å². The zero-order chi connectivity index (χ0) is 7.40. The van der Waals surface area contributed by atoms with Gasteiger partial charge in [0.1, 0.15) is 0 Å². The van der Waals surface area contributed by atoms with Crippen LogP contribution in [0, 0.1) is 0 Å². The second kappa shape index (κ2) is 3.40. The average molecular weight is 133 g/mol. The Hall–Kier alpha value is -0.785. The minimum absolute atomic E-state index is 1.10. The van der Waals surface area contributed by atoms with E-state index in [9.17, 15) is 0 Å². The van der Waals surface area contributed by atoms with Gasteiger partial charge in [0.25, 0.3) is 0 Å². The summed E-state index contributed by atoms with van der Waals surface area (Å²) in [7, 11) is 2.03. The summed E-state index contributed by atoms with van der Waals surface area (Å²) in [6.07, 6.45) is 2.28. The van der Waals surface area contributed by atoms with Gasteiger partial charge in [0.2, 0.25) is 0 Å². The molecule has 1 aromatic rings. The van der Waals surface area contributed by atoms with E-state index in [0.717, 1.165) is 12.0 Å². The van der Waals surface area contributed by atoms with Gasteiger partial charge in [-0.25, -0.2) is 0 Å². The molecule has 1 rings (SSSR count). The van der Waals surface area contributed by atoms with Crippen molar-refractivity contribution in [3.63, 3.8) is 0 Å². The monoisotopic (exact) mass is 133 g/mol. The second-order valence-corrected chi connectivity index (χ2v) is 2.52. The van der Waals surface area contributed by atoms with Crippen LogP contribution in [-0.4, -0.2) is 12.8 Å². The number of aryl methyl sites for hydroxylation is 1. The van der Waals surface area contributed by atoms with E-state index in [1.165, 1.54) is 12.1 Å². The predicted octanol–water partition coefficient (Wildman–Crippen LogP) is 0.292. The van der Waals surface area contributed by atoms with Crippen LogP contribution >= 0.6 is 0 Å². The average Bonchev–Trinajstić information content (AvgIpc) is 1.88. The molecule has 1 heterocycles. The number of hydrogen-bond acceptors (Lipinski definition) is 1. The molecule has 10 heavy (non-hydrogen) atoms. The lowest BCUT2D eigenvalue weighted by atomic mass is 10.0. The van der Waals surface area contributed by atoms with Crippen molar-refractivity contribution in [1.82, 2.24) is 4.98 Å². The summed E-state index contributed by atoms with van der Waals surface area (Å²) in [5, 5.41) is 0. The molecule has 52 valence electrons. The van der Waals surface area contributed by atoms with E-state index >= 15 is 0 Å². The normalized spacial score (nSPS) is 9.70. The number of hydrogen-bond donors (Lipinski definition) is 0. The molecular weight excluding hydrogens is 121 g/mol. The van der Waals surface area contributed by atoms with Crippen LogP contribution in [0.4, 0.5) is 0 Å². The highest BCUT2D eigenvalue weighted by molar-refractivity contribution is 6.30. The summed E-state index contributed by atoms with van der Waals surface area (Å²) < 4.78 is 0. The lowest BCUT2D eigenvalue weighted by molar-refractivity contribution is 0.887. The Labute approximate surface area is 62.9 Å². The zero-order valence-corrected chi connectivity index (χ0v) is 6.59. The van der Waals surface area contributed by atoms with Gasteiger partial charge in [-0.15, -0.1) is 0 Å². The first-order valence-corrected chi connectivity index (χ1v) is 3.75. The molecule has 2 heteroatoms. The Kier molecular flexibility index (Phi) is 2.49. The summed E-state index contributed by atoms with van der Waals surface area (Å²) in [6.45, 7) is 2.17. The van der Waals surface area contributed by atoms with Crippen LogP contribution in [0.1, 0.15) is 19.0 Å². The van der Waals surface area contributed by atoms with Gasteiger partial charge in [-0.1, -0.05) is 25.5 Å². The SMILES string of the molecule is Bc1cccc(CCC)n1. The molecule has 0 aliphatic heterocycles. The Morgan fingerprint density at radius 2 is 2.30 bits per heavy atom. The first kappa shape index (κ1) is 7.32. The quantitative estimate of drug-likeness (QED) is 0.528. The maximum atomic E-state index is 4.36. The number of nitrogens with zero attached hydrogens (tertiary/aromatic N) is 1. The molecule has 0 fully saturated rings. The van der Waals surface area contributed by atoms with Crippen molar-refractivity contribution in [3.05, 3.63) is 23.9 Å². The van der Waals surface area contributed by atoms with Gasteiger partial charge in [-0.05, 0) is 18.1 Å². The van der Waals surface area contributed by atoms with Crippen LogP contribution in [0.25, 0.3) is 0 Å². The van der Waals surface area contributed by atoms with Crippen LogP contribution in [0.15, 0.2) is 18.2 Å². The van der Waals surface area contributed by atoms with Crippen LogP contribution < -0.4 is 5.59 Å². The highest BCUT2D eigenvalue weighted by Crippen LogP contribution is 1.94. The van der Waals surface area contributed by atoms with Crippen molar-refractivity contribution in [2.45, 2.75) is 19.8 Å². The van der Waals surface area contributed by atoms with E-state index in [1.54, 1.807) is 0 Å². The first-order chi connectivity index (χ1) is 4.83. The van der Waals surface area contributed by atoms with Crippen LogP contribution in [-0.2, 0) is 6.42 Å². The van der Waals surface area contributed by atoms with Gasteiger partial charge < -0.3 is 0 Å². The van der Waals surface area contributed by atoms with Gasteiger partial charge in [-0.3, -0.25) is 4.98 Å². The van der Waals surface area contributed by atoms with Crippen molar-refractivity contribution in [2.75, 3.05) is 0 Å². The van der Waals surface area contributed by atoms with Crippen molar-refractivity contribution in [3.8, 4) is 0 Å². The molecule has 0 bridgehead atoms. The van der Waals surface area contributed by atoms with E-state index < -0.39 is 0 Å². The Bertz CT molecular complexity index is 210. The molecule has 0 unspecified atom stereocenters. The fourth-order valence-electron chi connectivity index (χ4n) is 0.995. The smallest absolute Gasteiger partial charge is 0.163 e. The maximum absolute atomic E-state index is 4.36. The van der Waals surface area contributed by atoms with Crippen LogP contribution in [0.3, 0.4) is 0 Å². The molecule has 0 atom stereocenters. The second-order valence-electron chi connectivity index (χ2n) is 2.52. The first-order valence-electron chi connectivity index (χ1n) is 3.75. The number of aromatic nitrogens is 1. The Morgan fingerprint density at radius 1 is 1.50 bits per heavy atom. The van der Waals surface area contributed by atoms with E-state index in [0.29, 0.717) is 0 Å². The molecule has 0 aromatic carbocycles. The highest BCUT2D eigenvalue weighted by Gasteiger charge is 1.90. The molecule has 0 spiro atoms. The van der Waals surface area contributed by atoms with E-state index in [2.05, 4.69) is 24.0 Å². The molecule has 0 amide bonds. The standard InChI is InChI=1S/C8H12BN/c1-2-4-7-5-3-6-8(9)10-7/h3,5-6H,2,4,9H2,1H3. The van der Waals surface area contributed by atoms with Gasteiger partial charge in [-0.2, -0.15) is 0 Å². The summed E-state index contributed by atoms with van der Waals surface area (Å²) in [6, 6.07) is 6.17. The third-order valence-corrected chi connectivity index (χ3v) is 1.45. The van der Waals surface area contributed by atoms with Gasteiger partial charge >= 0.3 is 0 Å². The van der Waals surface area contributed by atoms with Gasteiger partial charge in [0.15, 0.2) is 7.85 Å². The maximum Gasteiger partial charge on any atom is 0.163 e. The van der Waals surface area contributed by atoms with Crippen molar-refractivity contribution in [2.24, 2.45) is 0 Å². The third kappa shape index (κ3) is 1.87. The topological polar surface area (TPSA) is 12.9 Å². The van der Waals surface area contributed by atoms with Crippen LogP contribution in [0.2, 0.25) is 0 Å². The largest absolute Gasteiger partial charge is 0.269 e. The van der Waals surface area contributed by atoms with Gasteiger partial charge in [0, 0.05) is 5.69 Å². The summed E-state index contributed by atoms with van der Waals surface area (Å²) >= 11 is 0. The van der Waals surface area contributed by atoms with E-state index in [4.69, 9.17) is 0 Å². The summed E-state index contributed by atoms with van der Waals surface area (Å²) in [5.74, 6) is 0. The lowest BCUT2D eigenvalue weighted by Gasteiger charge is -1.97. The van der Waals surface area contributed by atoms with Crippen LogP contribution in [0.5, 0.6) is 0 Å². The molecular formula is C8H12BN. The predicted molar refractivity (Wildman–Crippen MR) is 46.4 cm³/mol. The van der Waals surface area contributed by atoms with Crippen molar-refractivity contribution in [1.29, 1.82) is 0 Å². The van der Waals surface area contributed by atoms with E-state index in [1.807, 2.05) is 13.9 Å². The minimum atomic E-state index is 1.10.